The maximum Gasteiger partial charge on any atom is 0.317 e. The van der Waals surface area contributed by atoms with E-state index in [1.54, 1.807) is 0 Å². The molecule has 0 aromatic rings. The second-order valence-corrected chi connectivity index (χ2v) is 7.80. The van der Waals surface area contributed by atoms with Crippen LogP contribution in [0.15, 0.2) is 0 Å². The Morgan fingerprint density at radius 3 is 2.62 bits per heavy atom. The number of carbonyl (C=O) groups is 1. The van der Waals surface area contributed by atoms with Crippen molar-refractivity contribution in [1.29, 1.82) is 0 Å². The molecule has 0 aromatic heterocycles. The van der Waals surface area contributed by atoms with Crippen LogP contribution in [0.2, 0.25) is 0 Å². The summed E-state index contributed by atoms with van der Waals surface area (Å²) >= 11 is 0. The number of nitrogens with one attached hydrogen (secondary N) is 5. The number of hydrogen-bond donors (Lipinski definition) is 5. The van der Waals surface area contributed by atoms with Crippen LogP contribution in [0.25, 0.3) is 0 Å². The van der Waals surface area contributed by atoms with Crippen molar-refractivity contribution in [3.63, 3.8) is 0 Å². The van der Waals surface area contributed by atoms with Crippen LogP contribution in [0.1, 0.15) is 46.0 Å². The summed E-state index contributed by atoms with van der Waals surface area (Å²) in [6.07, 6.45) is 5.67. The van der Waals surface area contributed by atoms with E-state index >= 15 is 0 Å². The summed E-state index contributed by atoms with van der Waals surface area (Å²) in [6.45, 7) is 6.34. The summed E-state index contributed by atoms with van der Waals surface area (Å²) in [6, 6.07) is 0.576. The first-order valence-electron chi connectivity index (χ1n) is 9.39. The fourth-order valence-electron chi connectivity index (χ4n) is 3.63. The van der Waals surface area contributed by atoms with Gasteiger partial charge in [-0.15, -0.1) is 0 Å². The lowest BCUT2D eigenvalue weighted by Gasteiger charge is -2.37. The molecule has 1 aliphatic heterocycles. The molecule has 0 spiro atoms. The van der Waals surface area contributed by atoms with E-state index in [0.717, 1.165) is 32.4 Å². The molecule has 2 aliphatic rings. The van der Waals surface area contributed by atoms with Crippen molar-refractivity contribution < 1.29 is 4.79 Å². The van der Waals surface area contributed by atoms with Crippen molar-refractivity contribution in [1.82, 2.24) is 31.5 Å². The molecule has 1 heterocycles. The fourth-order valence-corrected chi connectivity index (χ4v) is 3.63. The van der Waals surface area contributed by atoms with Gasteiger partial charge in [0.25, 0.3) is 0 Å². The zero-order valence-electron chi connectivity index (χ0n) is 15.7. The van der Waals surface area contributed by atoms with Gasteiger partial charge in [0.2, 0.25) is 0 Å². The third-order valence-electron chi connectivity index (χ3n) is 4.91. The number of hydrogen-bond acceptors (Lipinski definition) is 5. The number of rotatable bonds is 6. The van der Waals surface area contributed by atoms with Gasteiger partial charge in [0.05, 0.1) is 6.17 Å². The highest BCUT2D eigenvalue weighted by Gasteiger charge is 2.27. The van der Waals surface area contributed by atoms with Gasteiger partial charge in [0.1, 0.15) is 6.29 Å². The van der Waals surface area contributed by atoms with Gasteiger partial charge in [-0.3, -0.25) is 10.6 Å². The summed E-state index contributed by atoms with van der Waals surface area (Å²) in [5, 5.41) is 16.5. The molecule has 5 atom stereocenters. The smallest absolute Gasteiger partial charge is 0.317 e. The molecule has 24 heavy (non-hydrogen) atoms. The highest BCUT2D eigenvalue weighted by atomic mass is 16.2. The molecule has 0 radical (unpaired) electrons. The van der Waals surface area contributed by atoms with Crippen LogP contribution in [-0.2, 0) is 0 Å². The zero-order valence-corrected chi connectivity index (χ0v) is 15.7. The van der Waals surface area contributed by atoms with Crippen LogP contribution >= 0.6 is 0 Å². The first-order valence-corrected chi connectivity index (χ1v) is 9.39. The van der Waals surface area contributed by atoms with Crippen LogP contribution in [0.4, 0.5) is 4.79 Å². The van der Waals surface area contributed by atoms with E-state index in [9.17, 15) is 4.79 Å². The maximum atomic E-state index is 12.3. The molecule has 5 unspecified atom stereocenters. The Bertz CT molecular complexity index is 391. The van der Waals surface area contributed by atoms with Crippen LogP contribution < -0.4 is 26.6 Å². The SMILES string of the molecule is CC1CCCC(NC(=O)NC2NC(C)CC(NCCN(C)C)N2)C1. The topological polar surface area (TPSA) is 80.5 Å². The molecule has 7 heteroatoms. The molecule has 7 nitrogen and oxygen atoms in total. The van der Waals surface area contributed by atoms with Gasteiger partial charge in [0, 0.05) is 25.2 Å². The van der Waals surface area contributed by atoms with Crippen LogP contribution in [-0.4, -0.2) is 62.7 Å². The molecule has 2 fully saturated rings. The molecule has 1 saturated carbocycles. The molecule has 0 aromatic carbocycles. The zero-order chi connectivity index (χ0) is 17.5. The molecule has 1 aliphatic carbocycles. The highest BCUT2D eigenvalue weighted by Crippen LogP contribution is 2.23. The third-order valence-corrected chi connectivity index (χ3v) is 4.91. The largest absolute Gasteiger partial charge is 0.335 e. The summed E-state index contributed by atoms with van der Waals surface area (Å²) in [7, 11) is 4.14. The second-order valence-electron chi connectivity index (χ2n) is 7.80. The minimum absolute atomic E-state index is 0.0831. The van der Waals surface area contributed by atoms with Crippen molar-refractivity contribution >= 4 is 6.03 Å². The van der Waals surface area contributed by atoms with Crippen molar-refractivity contribution in [3.8, 4) is 0 Å². The molecule has 2 amide bonds. The van der Waals surface area contributed by atoms with Crippen molar-refractivity contribution in [2.45, 2.75) is 70.5 Å². The Balaban J connectivity index is 1.72. The number of likely N-dealkylation sites (N-methyl/N-ethyl adjacent to an activating group) is 1. The summed E-state index contributed by atoms with van der Waals surface area (Å²) in [4.78, 5) is 14.4. The molecule has 0 bridgehead atoms. The lowest BCUT2D eigenvalue weighted by Crippen LogP contribution is -2.68. The molecular formula is C17H36N6O. The molecular weight excluding hydrogens is 304 g/mol. The van der Waals surface area contributed by atoms with E-state index in [2.05, 4.69) is 59.4 Å². The maximum absolute atomic E-state index is 12.3. The summed E-state index contributed by atoms with van der Waals surface area (Å²) in [5.74, 6) is 0.709. The van der Waals surface area contributed by atoms with E-state index in [1.165, 1.54) is 12.8 Å². The molecule has 5 N–H and O–H groups in total. The Morgan fingerprint density at radius 2 is 1.92 bits per heavy atom. The Labute approximate surface area is 146 Å². The van der Waals surface area contributed by atoms with E-state index in [-0.39, 0.29) is 18.5 Å². The monoisotopic (exact) mass is 340 g/mol. The normalized spacial score (nSPS) is 34.1. The predicted molar refractivity (Wildman–Crippen MR) is 97.6 cm³/mol. The quantitative estimate of drug-likeness (QED) is 0.489. The number of urea groups is 1. The van der Waals surface area contributed by atoms with Gasteiger partial charge < -0.3 is 20.9 Å². The van der Waals surface area contributed by atoms with E-state index < -0.39 is 0 Å². The standard InChI is InChI=1S/C17H36N6O/c1-12-6-5-7-14(10-12)20-17(24)22-16-19-13(2)11-15(21-16)18-8-9-23(3)4/h12-16,18-19,21H,5-11H2,1-4H3,(H2,20,22,24). The van der Waals surface area contributed by atoms with Crippen molar-refractivity contribution in [2.24, 2.45) is 5.92 Å². The average molecular weight is 341 g/mol. The number of carbonyl (C=O) groups excluding carboxylic acids is 1. The molecule has 1 saturated heterocycles. The third kappa shape index (κ3) is 6.93. The lowest BCUT2D eigenvalue weighted by molar-refractivity contribution is 0.181. The fraction of sp³-hybridized carbons (Fsp3) is 0.941. The van der Waals surface area contributed by atoms with Crippen LogP contribution in [0.3, 0.4) is 0 Å². The second kappa shape index (κ2) is 9.56. The van der Waals surface area contributed by atoms with Crippen LogP contribution in [0.5, 0.6) is 0 Å². The van der Waals surface area contributed by atoms with Crippen molar-refractivity contribution in [2.75, 3.05) is 27.2 Å². The van der Waals surface area contributed by atoms with E-state index in [1.807, 2.05) is 0 Å². The molecule has 140 valence electrons. The van der Waals surface area contributed by atoms with Gasteiger partial charge >= 0.3 is 6.03 Å². The lowest BCUT2D eigenvalue weighted by atomic mass is 9.87. The summed E-state index contributed by atoms with van der Waals surface area (Å²) < 4.78 is 0. The number of amides is 2. The van der Waals surface area contributed by atoms with Gasteiger partial charge in [-0.05, 0) is 46.2 Å². The predicted octanol–water partition coefficient (Wildman–Crippen LogP) is 0.597. The molecule has 2 rings (SSSR count). The van der Waals surface area contributed by atoms with Gasteiger partial charge in [0.15, 0.2) is 0 Å². The van der Waals surface area contributed by atoms with E-state index in [4.69, 9.17) is 0 Å². The van der Waals surface area contributed by atoms with Gasteiger partial charge in [-0.2, -0.15) is 0 Å². The first kappa shape index (κ1) is 19.4. The first-order chi connectivity index (χ1) is 11.4. The Kier molecular flexibility index (Phi) is 7.74. The number of nitrogens with zero attached hydrogens (tertiary/aromatic N) is 1. The van der Waals surface area contributed by atoms with Gasteiger partial charge in [-0.25, -0.2) is 4.79 Å². The highest BCUT2D eigenvalue weighted by molar-refractivity contribution is 5.74. The van der Waals surface area contributed by atoms with Gasteiger partial charge in [-0.1, -0.05) is 19.8 Å². The van der Waals surface area contributed by atoms with Crippen LogP contribution in [0, 0.1) is 5.92 Å². The van der Waals surface area contributed by atoms with Crippen molar-refractivity contribution in [3.05, 3.63) is 0 Å². The Morgan fingerprint density at radius 1 is 1.12 bits per heavy atom. The van der Waals surface area contributed by atoms with E-state index in [0.29, 0.717) is 18.0 Å². The minimum atomic E-state index is -0.202. The minimum Gasteiger partial charge on any atom is -0.335 e. The summed E-state index contributed by atoms with van der Waals surface area (Å²) in [5.41, 5.74) is 0. The average Bonchev–Trinajstić information content (AvgIpc) is 2.46. The Hall–Kier alpha value is -0.890.